The molecule has 2 aliphatic heterocycles. The number of hydrogen-bond acceptors (Lipinski definition) is 8. The van der Waals surface area contributed by atoms with Gasteiger partial charge in [0.2, 0.25) is 0 Å². The molecule has 0 spiro atoms. The molecule has 188 valence electrons. The van der Waals surface area contributed by atoms with Gasteiger partial charge in [-0.2, -0.15) is 5.48 Å². The summed E-state index contributed by atoms with van der Waals surface area (Å²) >= 11 is 1.82. The van der Waals surface area contributed by atoms with Crippen molar-refractivity contribution in [2.45, 2.75) is 71.7 Å². The summed E-state index contributed by atoms with van der Waals surface area (Å²) in [4.78, 5) is 11.2. The van der Waals surface area contributed by atoms with Gasteiger partial charge in [-0.05, 0) is 32.3 Å². The Morgan fingerprint density at radius 1 is 1.21 bits per heavy atom. The molecule has 9 heteroatoms. The van der Waals surface area contributed by atoms with E-state index >= 15 is 0 Å². The van der Waals surface area contributed by atoms with Gasteiger partial charge in [-0.15, -0.1) is 0 Å². The molecule has 8 nitrogen and oxygen atoms in total. The lowest BCUT2D eigenvalue weighted by atomic mass is 10.1. The van der Waals surface area contributed by atoms with Crippen molar-refractivity contribution < 1.29 is 15.4 Å². The Morgan fingerprint density at radius 3 is 2.45 bits per heavy atom. The molecule has 1 atom stereocenters. The summed E-state index contributed by atoms with van der Waals surface area (Å²) in [6.45, 7) is 14.1. The summed E-state index contributed by atoms with van der Waals surface area (Å²) in [7, 11) is 0. The summed E-state index contributed by atoms with van der Waals surface area (Å²) in [5, 5.41) is 9.40. The number of hydrogen-bond donors (Lipinski definition) is 3. The monoisotopic (exact) mass is 481 g/mol. The van der Waals surface area contributed by atoms with E-state index in [2.05, 4.69) is 52.5 Å². The number of fused-ring (bicyclic) bond motifs is 1. The van der Waals surface area contributed by atoms with E-state index in [0.29, 0.717) is 6.04 Å². The summed E-state index contributed by atoms with van der Waals surface area (Å²) < 4.78 is 5.54. The number of nitrogens with one attached hydrogen (secondary N) is 1. The van der Waals surface area contributed by atoms with Crippen LogP contribution in [0.4, 0.5) is 5.13 Å². The van der Waals surface area contributed by atoms with Gasteiger partial charge in [-0.3, -0.25) is 4.90 Å². The van der Waals surface area contributed by atoms with Crippen LogP contribution >= 0.6 is 11.3 Å². The van der Waals surface area contributed by atoms with Crippen molar-refractivity contribution in [1.82, 2.24) is 21.5 Å². The molecule has 2 fully saturated rings. The number of anilines is 1. The fraction of sp³-hybridized carbons (Fsp3) is 0.625. The Hall–Kier alpha value is -1.59. The molecule has 0 unspecified atom stereocenters. The van der Waals surface area contributed by atoms with E-state index in [1.165, 1.54) is 21.3 Å². The van der Waals surface area contributed by atoms with Gasteiger partial charge in [0, 0.05) is 44.2 Å². The first kappa shape index (κ1) is 29.4. The molecule has 0 amide bonds. The first-order valence-corrected chi connectivity index (χ1v) is 12.4. The zero-order valence-electron chi connectivity index (χ0n) is 20.6. The molecule has 1 aliphatic carbocycles. The minimum Gasteiger partial charge on any atom is -0.412 e. The molecule has 5 rings (SSSR count). The first-order valence-electron chi connectivity index (χ1n) is 11.6. The lowest BCUT2D eigenvalue weighted by molar-refractivity contribution is 0.112. The Bertz CT molecular complexity index is 777. The van der Waals surface area contributed by atoms with E-state index in [4.69, 9.17) is 14.9 Å². The number of piperazine rings is 1. The molecule has 2 aromatic rings. The summed E-state index contributed by atoms with van der Waals surface area (Å²) in [5.41, 5.74) is 4.97. The first-order chi connectivity index (χ1) is 15.1. The van der Waals surface area contributed by atoms with Crippen LogP contribution in [0.15, 0.2) is 30.3 Å². The number of benzene rings is 1. The molecule has 3 heterocycles. The lowest BCUT2D eigenvalue weighted by Gasteiger charge is -2.39. The fourth-order valence-electron chi connectivity index (χ4n) is 3.67. The van der Waals surface area contributed by atoms with Crippen LogP contribution in [0.2, 0.25) is 0 Å². The molecule has 1 saturated carbocycles. The third-order valence-corrected chi connectivity index (χ3v) is 7.15. The van der Waals surface area contributed by atoms with Crippen LogP contribution in [-0.4, -0.2) is 58.4 Å². The molecule has 33 heavy (non-hydrogen) atoms. The molecule has 7 N–H and O–H groups in total. The van der Waals surface area contributed by atoms with Crippen molar-refractivity contribution in [3.63, 3.8) is 0 Å². The van der Waals surface area contributed by atoms with Crippen molar-refractivity contribution in [2.24, 2.45) is 0 Å². The van der Waals surface area contributed by atoms with Crippen molar-refractivity contribution in [2.75, 3.05) is 31.1 Å². The largest absolute Gasteiger partial charge is 0.412 e. The van der Waals surface area contributed by atoms with Crippen LogP contribution in [0, 0.1) is 0 Å². The van der Waals surface area contributed by atoms with Crippen molar-refractivity contribution in [3.8, 4) is 0 Å². The van der Waals surface area contributed by atoms with Gasteiger partial charge >= 0.3 is 0 Å². The number of thiazole rings is 1. The average Bonchev–Trinajstić information content (AvgIpc) is 3.41. The van der Waals surface area contributed by atoms with Crippen molar-refractivity contribution in [3.05, 3.63) is 46.5 Å². The molecular weight excluding hydrogens is 438 g/mol. The topological polar surface area (TPSA) is 127 Å². The van der Waals surface area contributed by atoms with Crippen LogP contribution in [0.1, 0.15) is 56.7 Å². The minimum absolute atomic E-state index is 0. The number of rotatable bonds is 4. The second-order valence-corrected chi connectivity index (χ2v) is 9.65. The Labute approximate surface area is 202 Å². The maximum atomic E-state index is 8.22. The van der Waals surface area contributed by atoms with Gasteiger partial charge in [0.25, 0.3) is 0 Å². The predicted molar refractivity (Wildman–Crippen MR) is 137 cm³/mol. The van der Waals surface area contributed by atoms with E-state index in [0.717, 1.165) is 58.7 Å². The molecular formula is C24H43N5O3S. The number of nitrogens with zero attached hydrogens (tertiary/aromatic N) is 3. The summed E-state index contributed by atoms with van der Waals surface area (Å²) in [6, 6.07) is 11.3. The highest BCUT2D eigenvalue weighted by Gasteiger charge is 2.36. The van der Waals surface area contributed by atoms with Crippen LogP contribution in [0.5, 0.6) is 0 Å². The lowest BCUT2D eigenvalue weighted by Crippen LogP contribution is -2.51. The Balaban J connectivity index is 0.000000471. The maximum absolute atomic E-state index is 8.22. The Morgan fingerprint density at radius 2 is 1.91 bits per heavy atom. The summed E-state index contributed by atoms with van der Waals surface area (Å²) in [5.74, 6) is 0. The van der Waals surface area contributed by atoms with E-state index in [1.54, 1.807) is 0 Å². The SMILES string of the molecule is CC.CC1(NO)CC1.C[C@@H]1CN(c2nc3c(s2)COCC3)CCN1Cc1ccccc1.N.O. The fourth-order valence-corrected chi connectivity index (χ4v) is 4.75. The summed E-state index contributed by atoms with van der Waals surface area (Å²) in [6.07, 6.45) is 3.20. The van der Waals surface area contributed by atoms with Crippen molar-refractivity contribution in [1.29, 1.82) is 0 Å². The second kappa shape index (κ2) is 14.0. The highest BCUT2D eigenvalue weighted by atomic mass is 32.1. The van der Waals surface area contributed by atoms with Gasteiger partial charge in [-0.25, -0.2) is 4.98 Å². The quantitative estimate of drug-likeness (QED) is 0.567. The zero-order chi connectivity index (χ0) is 22.3. The smallest absolute Gasteiger partial charge is 0.185 e. The molecule has 3 aliphatic rings. The zero-order valence-corrected chi connectivity index (χ0v) is 21.5. The molecule has 1 aromatic heterocycles. The van der Waals surface area contributed by atoms with Crippen LogP contribution < -0.4 is 16.5 Å². The van der Waals surface area contributed by atoms with Gasteiger partial charge in [0.15, 0.2) is 5.13 Å². The van der Waals surface area contributed by atoms with Crippen molar-refractivity contribution >= 4 is 16.5 Å². The number of ether oxygens (including phenoxy) is 1. The third kappa shape index (κ3) is 8.29. The highest BCUT2D eigenvalue weighted by Crippen LogP contribution is 2.33. The van der Waals surface area contributed by atoms with Crippen LogP contribution in [-0.2, 0) is 24.3 Å². The van der Waals surface area contributed by atoms with E-state index in [1.807, 2.05) is 32.1 Å². The molecule has 0 radical (unpaired) electrons. The number of hydroxylamine groups is 1. The second-order valence-electron chi connectivity index (χ2n) is 8.59. The average molecular weight is 482 g/mol. The van der Waals surface area contributed by atoms with E-state index < -0.39 is 0 Å². The third-order valence-electron chi connectivity index (χ3n) is 6.02. The van der Waals surface area contributed by atoms with Gasteiger partial charge in [-0.1, -0.05) is 55.5 Å². The molecule has 0 bridgehead atoms. The van der Waals surface area contributed by atoms with Crippen LogP contribution in [0.25, 0.3) is 0 Å². The highest BCUT2D eigenvalue weighted by molar-refractivity contribution is 7.15. The molecule has 1 aromatic carbocycles. The Kier molecular flexibility index (Phi) is 12.5. The number of aromatic nitrogens is 1. The van der Waals surface area contributed by atoms with Gasteiger partial charge < -0.3 is 26.5 Å². The predicted octanol–water partition coefficient (Wildman–Crippen LogP) is 3.81. The van der Waals surface area contributed by atoms with Gasteiger partial charge in [0.05, 0.1) is 23.8 Å². The van der Waals surface area contributed by atoms with Crippen LogP contribution in [0.3, 0.4) is 0 Å². The van der Waals surface area contributed by atoms with Gasteiger partial charge in [0.1, 0.15) is 0 Å². The maximum Gasteiger partial charge on any atom is 0.185 e. The van der Waals surface area contributed by atoms with E-state index in [9.17, 15) is 0 Å². The molecule has 1 saturated heterocycles. The minimum atomic E-state index is 0. The standard InChI is InChI=1S/C18H23N3OS.C4H9NO.C2H6.H3N.H2O/c1-14-11-21(18-19-16-7-10-22-13-17(16)23-18)9-8-20(14)12-15-5-3-2-4-6-15;1-4(5-6)2-3-4;1-2;;/h2-6,14H,7-13H2,1H3;5-6H,2-3H2,1H3;1-2H3;1H3;1H2/t14-;;;;/m1..../s1. The van der Waals surface area contributed by atoms with E-state index in [-0.39, 0.29) is 17.2 Å². The normalized spacial score (nSPS) is 20.5.